The van der Waals surface area contributed by atoms with Crippen LogP contribution in [0.1, 0.15) is 54.4 Å². The molecule has 2 N–H and O–H groups in total. The average Bonchev–Trinajstić information content (AvgIpc) is 2.89. The van der Waals surface area contributed by atoms with E-state index in [4.69, 9.17) is 9.16 Å². The molecule has 2 aliphatic heterocycles. The summed E-state index contributed by atoms with van der Waals surface area (Å²) in [5.41, 5.74) is 4.35. The second kappa shape index (κ2) is 10.4. The highest BCUT2D eigenvalue weighted by Gasteiger charge is 2.44. The molecule has 0 spiro atoms. The first kappa shape index (κ1) is 26.8. The number of benzene rings is 2. The number of amides is 1. The molecule has 1 aromatic heterocycles. The Labute approximate surface area is 226 Å². The molecule has 38 heavy (non-hydrogen) atoms. The molecule has 3 aromatic rings. The molecule has 3 heterocycles. The fourth-order valence-electron chi connectivity index (χ4n) is 5.21. The van der Waals surface area contributed by atoms with Crippen molar-refractivity contribution >= 4 is 30.7 Å². The summed E-state index contributed by atoms with van der Waals surface area (Å²) < 4.78 is 12.6. The maximum absolute atomic E-state index is 14.1. The van der Waals surface area contributed by atoms with Crippen molar-refractivity contribution in [3.8, 4) is 0 Å². The third kappa shape index (κ3) is 5.10. The van der Waals surface area contributed by atoms with Crippen molar-refractivity contribution in [3.63, 3.8) is 0 Å². The first-order chi connectivity index (χ1) is 18.1. The molecular formula is C30H39N3O4Si. The number of carbonyl (C=O) groups excluding carboxylic acids is 1. The number of hydrogen-bond donors (Lipinski definition) is 2. The minimum Gasteiger partial charge on any atom is -0.409 e. The van der Waals surface area contributed by atoms with Gasteiger partial charge in [0.2, 0.25) is 0 Å². The molecular weight excluding hydrogens is 494 g/mol. The molecule has 0 bridgehead atoms. The van der Waals surface area contributed by atoms with Gasteiger partial charge in [0.25, 0.3) is 5.91 Å². The van der Waals surface area contributed by atoms with E-state index < -0.39 is 8.32 Å². The third-order valence-corrected chi connectivity index (χ3v) is 12.9. The van der Waals surface area contributed by atoms with Crippen molar-refractivity contribution in [2.75, 3.05) is 25.2 Å². The zero-order valence-corrected chi connectivity index (χ0v) is 24.1. The molecule has 0 saturated carbocycles. The van der Waals surface area contributed by atoms with E-state index in [0.29, 0.717) is 37.6 Å². The zero-order valence-electron chi connectivity index (χ0n) is 23.1. The summed E-state index contributed by atoms with van der Waals surface area (Å²) in [6.45, 7) is 12.7. The standard InChI is InChI=1S/C30H39N3O4Si/c1-30(2,3)38(4,5)37-27-18-36-13-12-26(27)33-19-32-28-24-9-7-6-8-23(24)21(15-25(28)29(33)35)14-20-10-11-22(17-34)31-16-20/h6-11,15-16,26-27,32,34H,12-14,17-19H2,1-5H3/t26-,27-/m0/s1. The highest BCUT2D eigenvalue weighted by atomic mass is 28.4. The van der Waals surface area contributed by atoms with Crippen LogP contribution in [0.25, 0.3) is 10.8 Å². The molecule has 2 atom stereocenters. The number of hydrogen-bond acceptors (Lipinski definition) is 6. The van der Waals surface area contributed by atoms with Crippen molar-refractivity contribution < 1.29 is 19.1 Å². The van der Waals surface area contributed by atoms with E-state index in [0.717, 1.165) is 34.0 Å². The summed E-state index contributed by atoms with van der Waals surface area (Å²) >= 11 is 0. The Hall–Kier alpha value is -2.78. The van der Waals surface area contributed by atoms with Gasteiger partial charge < -0.3 is 24.5 Å². The normalized spacial score (nSPS) is 20.4. The quantitative estimate of drug-likeness (QED) is 0.417. The van der Waals surface area contributed by atoms with Crippen LogP contribution in [0, 0.1) is 0 Å². The molecule has 1 amide bonds. The predicted molar refractivity (Wildman–Crippen MR) is 153 cm³/mol. The Bertz CT molecular complexity index is 1320. The van der Waals surface area contributed by atoms with Gasteiger partial charge >= 0.3 is 0 Å². The molecule has 2 aliphatic rings. The van der Waals surface area contributed by atoms with Gasteiger partial charge in [-0.15, -0.1) is 0 Å². The lowest BCUT2D eigenvalue weighted by Crippen LogP contribution is -2.58. The van der Waals surface area contributed by atoms with Gasteiger partial charge in [0.05, 0.1) is 49.0 Å². The summed E-state index contributed by atoms with van der Waals surface area (Å²) in [5, 5.41) is 15.2. The molecule has 1 saturated heterocycles. The van der Waals surface area contributed by atoms with E-state index in [-0.39, 0.29) is 29.7 Å². The number of carbonyl (C=O) groups is 1. The Morgan fingerprint density at radius 1 is 1.18 bits per heavy atom. The lowest BCUT2D eigenvalue weighted by molar-refractivity contribution is -0.0501. The van der Waals surface area contributed by atoms with E-state index in [1.54, 1.807) is 6.20 Å². The van der Waals surface area contributed by atoms with Gasteiger partial charge in [0.15, 0.2) is 8.32 Å². The third-order valence-electron chi connectivity index (χ3n) is 8.41. The van der Waals surface area contributed by atoms with Gasteiger partial charge in [-0.25, -0.2) is 0 Å². The molecule has 0 aliphatic carbocycles. The number of aromatic nitrogens is 1. The van der Waals surface area contributed by atoms with Crippen LogP contribution in [-0.4, -0.2) is 61.2 Å². The van der Waals surface area contributed by atoms with Crippen LogP contribution in [0.3, 0.4) is 0 Å². The van der Waals surface area contributed by atoms with Crippen molar-refractivity contribution in [1.82, 2.24) is 9.88 Å². The monoisotopic (exact) mass is 533 g/mol. The summed E-state index contributed by atoms with van der Waals surface area (Å²) in [6.07, 6.45) is 3.06. The largest absolute Gasteiger partial charge is 0.409 e. The molecule has 0 radical (unpaired) electrons. The fraction of sp³-hybridized carbons (Fsp3) is 0.467. The van der Waals surface area contributed by atoms with Crippen molar-refractivity contribution in [2.45, 2.75) is 70.5 Å². The maximum atomic E-state index is 14.1. The highest BCUT2D eigenvalue weighted by Crippen LogP contribution is 2.40. The van der Waals surface area contributed by atoms with E-state index in [2.05, 4.69) is 56.3 Å². The second-order valence-corrected chi connectivity index (χ2v) is 16.7. The molecule has 2 aromatic carbocycles. The number of fused-ring (bicyclic) bond motifs is 3. The average molecular weight is 534 g/mol. The summed E-state index contributed by atoms with van der Waals surface area (Å²) in [4.78, 5) is 20.4. The Morgan fingerprint density at radius 3 is 2.63 bits per heavy atom. The first-order valence-corrected chi connectivity index (χ1v) is 16.4. The number of pyridine rings is 1. The number of ether oxygens (including phenoxy) is 1. The van der Waals surface area contributed by atoms with Crippen molar-refractivity contribution in [2.24, 2.45) is 0 Å². The minimum absolute atomic E-state index is 0.0373. The van der Waals surface area contributed by atoms with Crippen molar-refractivity contribution in [3.05, 3.63) is 71.0 Å². The highest BCUT2D eigenvalue weighted by molar-refractivity contribution is 6.74. The Morgan fingerprint density at radius 2 is 1.95 bits per heavy atom. The zero-order chi connectivity index (χ0) is 27.1. The van der Waals surface area contributed by atoms with Crippen molar-refractivity contribution in [1.29, 1.82) is 0 Å². The molecule has 8 heteroatoms. The second-order valence-electron chi connectivity index (χ2n) is 12.0. The number of rotatable bonds is 6. The first-order valence-electron chi connectivity index (χ1n) is 13.5. The van der Waals surface area contributed by atoms with Gasteiger partial charge in [0, 0.05) is 18.2 Å². The summed E-state index contributed by atoms with van der Waals surface area (Å²) in [5.74, 6) is 0.0373. The number of aliphatic hydroxyl groups excluding tert-OH is 1. The molecule has 0 unspecified atom stereocenters. The van der Waals surface area contributed by atoms with Gasteiger partial charge in [-0.05, 0) is 59.6 Å². The van der Waals surface area contributed by atoms with Crippen LogP contribution in [0.4, 0.5) is 5.69 Å². The van der Waals surface area contributed by atoms with Crippen LogP contribution < -0.4 is 5.32 Å². The molecule has 202 valence electrons. The lowest BCUT2D eigenvalue weighted by Gasteiger charge is -2.46. The number of aliphatic hydroxyl groups is 1. The van der Waals surface area contributed by atoms with Crippen LogP contribution in [0.15, 0.2) is 48.7 Å². The number of anilines is 1. The van der Waals surface area contributed by atoms with Gasteiger partial charge in [-0.3, -0.25) is 9.78 Å². The fourth-order valence-corrected chi connectivity index (χ4v) is 6.55. The predicted octanol–water partition coefficient (Wildman–Crippen LogP) is 5.32. The topological polar surface area (TPSA) is 83.9 Å². The number of nitrogens with zero attached hydrogens (tertiary/aromatic N) is 2. The van der Waals surface area contributed by atoms with Crippen LogP contribution >= 0.6 is 0 Å². The minimum atomic E-state index is -2.05. The summed E-state index contributed by atoms with van der Waals surface area (Å²) in [7, 11) is -2.05. The maximum Gasteiger partial charge on any atom is 0.257 e. The van der Waals surface area contributed by atoms with Gasteiger partial charge in [-0.2, -0.15) is 0 Å². The SMILES string of the molecule is CC(C)(C)[Si](C)(C)O[C@H]1COCC[C@@H]1N1CNc2c(cc(Cc3ccc(CO)nc3)c3ccccc23)C1=O. The smallest absolute Gasteiger partial charge is 0.257 e. The van der Waals surface area contributed by atoms with E-state index >= 15 is 0 Å². The number of nitrogens with one attached hydrogen (secondary N) is 1. The van der Waals surface area contributed by atoms with Crippen LogP contribution in [-0.2, 0) is 22.2 Å². The van der Waals surface area contributed by atoms with Gasteiger partial charge in [-0.1, -0.05) is 51.1 Å². The van der Waals surface area contributed by atoms with E-state index in [1.165, 1.54) is 0 Å². The molecule has 7 nitrogen and oxygen atoms in total. The van der Waals surface area contributed by atoms with Crippen LogP contribution in [0.5, 0.6) is 0 Å². The lowest BCUT2D eigenvalue weighted by atomic mass is 9.92. The molecule has 5 rings (SSSR count). The Kier molecular flexibility index (Phi) is 7.35. The van der Waals surface area contributed by atoms with E-state index in [1.807, 2.05) is 35.2 Å². The molecule has 1 fully saturated rings. The van der Waals surface area contributed by atoms with Crippen LogP contribution in [0.2, 0.25) is 18.1 Å². The Balaban J connectivity index is 1.48. The summed E-state index contributed by atoms with van der Waals surface area (Å²) in [6, 6.07) is 14.1. The van der Waals surface area contributed by atoms with E-state index in [9.17, 15) is 9.90 Å². The van der Waals surface area contributed by atoms with Gasteiger partial charge in [0.1, 0.15) is 0 Å².